The molecule has 1 amide bonds. The van der Waals surface area contributed by atoms with Gasteiger partial charge in [0.05, 0.1) is 23.0 Å². The molecule has 9 heteroatoms. The highest BCUT2D eigenvalue weighted by Gasteiger charge is 2.25. The normalized spacial score (nSPS) is 15.0. The predicted octanol–water partition coefficient (Wildman–Crippen LogP) is 2.48. The number of halogens is 2. The maximum Gasteiger partial charge on any atom is 0.387 e. The molecular formula is C21H20F2N4O3. The van der Waals surface area contributed by atoms with Gasteiger partial charge in [0.25, 0.3) is 11.5 Å². The van der Waals surface area contributed by atoms with E-state index >= 15 is 0 Å². The van der Waals surface area contributed by atoms with Gasteiger partial charge in [-0.05, 0) is 24.3 Å². The van der Waals surface area contributed by atoms with Gasteiger partial charge in [-0.3, -0.25) is 14.5 Å². The third kappa shape index (κ3) is 4.30. The zero-order valence-corrected chi connectivity index (χ0v) is 16.1. The van der Waals surface area contributed by atoms with E-state index in [-0.39, 0.29) is 22.8 Å². The van der Waals surface area contributed by atoms with E-state index in [4.69, 9.17) is 0 Å². The number of aromatic nitrogens is 2. The number of nitrogens with zero attached hydrogens (tertiary/aromatic N) is 3. The van der Waals surface area contributed by atoms with E-state index in [0.717, 1.165) is 0 Å². The molecule has 156 valence electrons. The van der Waals surface area contributed by atoms with Crippen molar-refractivity contribution in [3.8, 4) is 5.75 Å². The Kier molecular flexibility index (Phi) is 5.71. The average Bonchev–Trinajstić information content (AvgIpc) is 2.74. The van der Waals surface area contributed by atoms with Crippen LogP contribution >= 0.6 is 0 Å². The lowest BCUT2D eigenvalue weighted by Gasteiger charge is -2.34. The largest absolute Gasteiger partial charge is 0.434 e. The smallest absolute Gasteiger partial charge is 0.387 e. The van der Waals surface area contributed by atoms with Crippen LogP contribution in [-0.4, -0.2) is 58.5 Å². The molecule has 0 saturated carbocycles. The fourth-order valence-electron chi connectivity index (χ4n) is 3.54. The van der Waals surface area contributed by atoms with Gasteiger partial charge in [-0.1, -0.05) is 24.3 Å². The van der Waals surface area contributed by atoms with Gasteiger partial charge in [0.2, 0.25) is 0 Å². The molecule has 4 rings (SSSR count). The summed E-state index contributed by atoms with van der Waals surface area (Å²) in [6.07, 6.45) is 0. The number of ether oxygens (including phenoxy) is 1. The molecule has 30 heavy (non-hydrogen) atoms. The van der Waals surface area contributed by atoms with Crippen LogP contribution in [0.5, 0.6) is 5.75 Å². The van der Waals surface area contributed by atoms with Crippen molar-refractivity contribution in [2.45, 2.75) is 13.2 Å². The van der Waals surface area contributed by atoms with Gasteiger partial charge in [0, 0.05) is 26.2 Å². The number of aromatic amines is 1. The number of alkyl halides is 2. The number of carbonyl (C=O) groups is 1. The molecule has 2 heterocycles. The SMILES string of the molecule is O=C(c1ccccc1OC(F)F)N1CCN(Cc2nc3ccccc3c(=O)[nH]2)CC1. The maximum absolute atomic E-state index is 12.8. The molecule has 1 saturated heterocycles. The number of hydrogen-bond donors (Lipinski definition) is 1. The lowest BCUT2D eigenvalue weighted by molar-refractivity contribution is -0.0503. The summed E-state index contributed by atoms with van der Waals surface area (Å²) >= 11 is 0. The Hall–Kier alpha value is -3.33. The van der Waals surface area contributed by atoms with Gasteiger partial charge in [-0.2, -0.15) is 8.78 Å². The first-order valence-electron chi connectivity index (χ1n) is 9.54. The summed E-state index contributed by atoms with van der Waals surface area (Å²) in [5.41, 5.74) is 0.576. The molecule has 0 bridgehead atoms. The van der Waals surface area contributed by atoms with E-state index in [9.17, 15) is 18.4 Å². The zero-order valence-electron chi connectivity index (χ0n) is 16.1. The first kappa shape index (κ1) is 20.0. The van der Waals surface area contributed by atoms with Crippen molar-refractivity contribution in [2.24, 2.45) is 0 Å². The van der Waals surface area contributed by atoms with Crippen molar-refractivity contribution in [1.82, 2.24) is 19.8 Å². The van der Waals surface area contributed by atoms with Crippen molar-refractivity contribution in [3.63, 3.8) is 0 Å². The van der Waals surface area contributed by atoms with Crippen LogP contribution in [-0.2, 0) is 6.54 Å². The van der Waals surface area contributed by atoms with Crippen LogP contribution in [0.15, 0.2) is 53.3 Å². The Morgan fingerprint density at radius 3 is 2.53 bits per heavy atom. The van der Waals surface area contributed by atoms with Crippen LogP contribution in [0, 0.1) is 0 Å². The molecule has 0 spiro atoms. The van der Waals surface area contributed by atoms with Gasteiger partial charge in [0.15, 0.2) is 0 Å². The van der Waals surface area contributed by atoms with Crippen molar-refractivity contribution in [3.05, 3.63) is 70.3 Å². The first-order chi connectivity index (χ1) is 14.5. The Balaban J connectivity index is 1.41. The lowest BCUT2D eigenvalue weighted by atomic mass is 10.1. The van der Waals surface area contributed by atoms with Crippen LogP contribution < -0.4 is 10.3 Å². The summed E-state index contributed by atoms with van der Waals surface area (Å²) in [4.78, 5) is 36.0. The zero-order chi connectivity index (χ0) is 21.1. The molecule has 1 aliphatic rings. The molecule has 0 unspecified atom stereocenters. The van der Waals surface area contributed by atoms with Crippen LogP contribution in [0.1, 0.15) is 16.2 Å². The van der Waals surface area contributed by atoms with Crippen LogP contribution in [0.3, 0.4) is 0 Å². The lowest BCUT2D eigenvalue weighted by Crippen LogP contribution is -2.48. The molecule has 0 atom stereocenters. The molecule has 2 aromatic carbocycles. The summed E-state index contributed by atoms with van der Waals surface area (Å²) in [7, 11) is 0. The number of carbonyl (C=O) groups excluding carboxylic acids is 1. The summed E-state index contributed by atoms with van der Waals surface area (Å²) in [6, 6.07) is 13.1. The minimum absolute atomic E-state index is 0.117. The number of rotatable bonds is 5. The van der Waals surface area contributed by atoms with Gasteiger partial charge in [-0.15, -0.1) is 0 Å². The number of H-pyrrole nitrogens is 1. The topological polar surface area (TPSA) is 78.5 Å². The summed E-state index contributed by atoms with van der Waals surface area (Å²) < 4.78 is 29.7. The van der Waals surface area contributed by atoms with Crippen molar-refractivity contribution in [1.29, 1.82) is 0 Å². The van der Waals surface area contributed by atoms with Gasteiger partial charge in [-0.25, -0.2) is 4.98 Å². The molecule has 1 N–H and O–H groups in total. The quantitative estimate of drug-likeness (QED) is 0.694. The number of piperazine rings is 1. The minimum atomic E-state index is -2.99. The number of nitrogens with one attached hydrogen (secondary N) is 1. The molecule has 1 aromatic heterocycles. The fourth-order valence-corrected chi connectivity index (χ4v) is 3.54. The number of para-hydroxylation sites is 2. The summed E-state index contributed by atoms with van der Waals surface area (Å²) in [5.74, 6) is 0.0927. The Labute approximate surface area is 170 Å². The molecule has 3 aromatic rings. The first-order valence-corrected chi connectivity index (χ1v) is 9.54. The molecule has 1 aliphatic heterocycles. The highest BCUT2D eigenvalue weighted by Crippen LogP contribution is 2.22. The Morgan fingerprint density at radius 1 is 1.07 bits per heavy atom. The highest BCUT2D eigenvalue weighted by atomic mass is 19.3. The number of hydrogen-bond acceptors (Lipinski definition) is 5. The summed E-state index contributed by atoms with van der Waals surface area (Å²) in [6.45, 7) is -0.542. The third-order valence-corrected chi connectivity index (χ3v) is 5.03. The molecular weight excluding hydrogens is 394 g/mol. The molecule has 7 nitrogen and oxygen atoms in total. The predicted molar refractivity (Wildman–Crippen MR) is 107 cm³/mol. The molecule has 1 fully saturated rings. The van der Waals surface area contributed by atoms with Crippen molar-refractivity contribution >= 4 is 16.8 Å². The van der Waals surface area contributed by atoms with E-state index in [2.05, 4.69) is 19.6 Å². The van der Waals surface area contributed by atoms with Crippen LogP contribution in [0.25, 0.3) is 10.9 Å². The average molecular weight is 414 g/mol. The second kappa shape index (κ2) is 8.58. The second-order valence-electron chi connectivity index (χ2n) is 6.97. The number of amides is 1. The molecule has 0 radical (unpaired) electrons. The fraction of sp³-hybridized carbons (Fsp3) is 0.286. The number of fused-ring (bicyclic) bond motifs is 1. The standard InChI is InChI=1S/C21H20F2N4O3/c22-21(23)30-17-8-4-2-6-15(17)20(29)27-11-9-26(10-12-27)13-18-24-16-7-3-1-5-14(16)19(28)25-18/h1-8,21H,9-13H2,(H,24,25,28). The maximum atomic E-state index is 12.8. The third-order valence-electron chi connectivity index (χ3n) is 5.03. The van der Waals surface area contributed by atoms with Crippen molar-refractivity contribution in [2.75, 3.05) is 26.2 Å². The summed E-state index contributed by atoms with van der Waals surface area (Å²) in [5, 5.41) is 0.543. The van der Waals surface area contributed by atoms with E-state index in [0.29, 0.717) is 49.5 Å². The van der Waals surface area contributed by atoms with Gasteiger partial charge >= 0.3 is 6.61 Å². The second-order valence-corrected chi connectivity index (χ2v) is 6.97. The van der Waals surface area contributed by atoms with E-state index in [1.54, 1.807) is 35.2 Å². The molecule has 0 aliphatic carbocycles. The Bertz CT molecular complexity index is 1110. The van der Waals surface area contributed by atoms with E-state index in [1.165, 1.54) is 12.1 Å². The monoisotopic (exact) mass is 414 g/mol. The van der Waals surface area contributed by atoms with Gasteiger partial charge < -0.3 is 14.6 Å². The van der Waals surface area contributed by atoms with E-state index < -0.39 is 6.61 Å². The van der Waals surface area contributed by atoms with E-state index in [1.807, 2.05) is 6.07 Å². The van der Waals surface area contributed by atoms with Crippen LogP contribution in [0.4, 0.5) is 8.78 Å². The van der Waals surface area contributed by atoms with Crippen LogP contribution in [0.2, 0.25) is 0 Å². The number of benzene rings is 2. The Morgan fingerprint density at radius 2 is 1.77 bits per heavy atom. The minimum Gasteiger partial charge on any atom is -0.434 e. The highest BCUT2D eigenvalue weighted by molar-refractivity contribution is 5.97. The van der Waals surface area contributed by atoms with Crippen molar-refractivity contribution < 1.29 is 18.3 Å². The van der Waals surface area contributed by atoms with Gasteiger partial charge in [0.1, 0.15) is 11.6 Å².